The number of carbonyl (C=O) groups is 1. The fourth-order valence-electron chi connectivity index (χ4n) is 4.18. The Balaban J connectivity index is 1.56. The number of H-pyrrole nitrogens is 1. The highest BCUT2D eigenvalue weighted by molar-refractivity contribution is 6.34. The Labute approximate surface area is 166 Å². The number of aromatic amines is 1. The lowest BCUT2D eigenvalue weighted by atomic mass is 9.54. The molecule has 3 aromatic rings. The number of anilines is 1. The molecule has 5 rings (SSSR count). The smallest absolute Gasteiger partial charge is 0.223 e. The molecule has 2 aliphatic carbocycles. The van der Waals surface area contributed by atoms with Crippen LogP contribution in [0, 0.1) is 17.8 Å². The fourth-order valence-corrected chi connectivity index (χ4v) is 4.38. The SMILES string of the molecule is COc1ccccc1-c1nc2ncc(Cl)c(N[C@@H]3[C@H]4C=CC4[C@@H]3C(N)=O)c2[nH]1. The second-order valence-corrected chi connectivity index (χ2v) is 7.51. The Kier molecular flexibility index (Phi) is 3.80. The molecule has 0 spiro atoms. The number of aromatic nitrogens is 3. The van der Waals surface area contributed by atoms with Gasteiger partial charge >= 0.3 is 0 Å². The van der Waals surface area contributed by atoms with Crippen LogP contribution in [0.15, 0.2) is 42.6 Å². The lowest BCUT2D eigenvalue weighted by Gasteiger charge is -2.53. The molecular formula is C20H18ClN5O2. The fraction of sp³-hybridized carbons (Fsp3) is 0.250. The average molecular weight is 396 g/mol. The van der Waals surface area contributed by atoms with E-state index in [2.05, 4.69) is 26.3 Å². The number of allylic oxidation sites excluding steroid dienone is 1. The summed E-state index contributed by atoms with van der Waals surface area (Å²) in [6.07, 6.45) is 5.70. The van der Waals surface area contributed by atoms with Crippen molar-refractivity contribution in [1.29, 1.82) is 0 Å². The topological polar surface area (TPSA) is 106 Å². The quantitative estimate of drug-likeness (QED) is 0.576. The summed E-state index contributed by atoms with van der Waals surface area (Å²) < 4.78 is 5.43. The lowest BCUT2D eigenvalue weighted by molar-refractivity contribution is -0.129. The van der Waals surface area contributed by atoms with Gasteiger partial charge < -0.3 is 20.8 Å². The Hall–Kier alpha value is -3.06. The van der Waals surface area contributed by atoms with E-state index < -0.39 is 0 Å². The number of halogens is 1. The zero-order chi connectivity index (χ0) is 19.4. The predicted octanol–water partition coefficient (Wildman–Crippen LogP) is 2.98. The van der Waals surface area contributed by atoms with E-state index in [-0.39, 0.29) is 29.7 Å². The Bertz CT molecular complexity index is 1120. The number of carbonyl (C=O) groups excluding carboxylic acids is 1. The first-order valence-electron chi connectivity index (χ1n) is 9.00. The van der Waals surface area contributed by atoms with E-state index in [0.717, 1.165) is 5.56 Å². The largest absolute Gasteiger partial charge is 0.496 e. The number of nitrogens with two attached hydrogens (primary N) is 1. The van der Waals surface area contributed by atoms with Crippen LogP contribution < -0.4 is 15.8 Å². The molecule has 1 fully saturated rings. The molecule has 4 N–H and O–H groups in total. The maximum Gasteiger partial charge on any atom is 0.223 e. The van der Waals surface area contributed by atoms with Crippen LogP contribution in [0.4, 0.5) is 5.69 Å². The van der Waals surface area contributed by atoms with Crippen LogP contribution in [0.2, 0.25) is 5.02 Å². The second-order valence-electron chi connectivity index (χ2n) is 7.10. The number of benzene rings is 1. The number of primary amides is 1. The number of hydrogen-bond donors (Lipinski definition) is 3. The van der Waals surface area contributed by atoms with Gasteiger partial charge in [0, 0.05) is 12.0 Å². The van der Waals surface area contributed by atoms with Gasteiger partial charge in [0.1, 0.15) is 17.1 Å². The van der Waals surface area contributed by atoms with E-state index in [9.17, 15) is 4.79 Å². The molecular weight excluding hydrogens is 378 g/mol. The van der Waals surface area contributed by atoms with Gasteiger partial charge in [-0.3, -0.25) is 4.79 Å². The number of methoxy groups -OCH3 is 1. The second kappa shape index (κ2) is 6.24. The third-order valence-corrected chi connectivity index (χ3v) is 5.98. The summed E-state index contributed by atoms with van der Waals surface area (Å²) in [4.78, 5) is 24.1. The Morgan fingerprint density at radius 3 is 2.79 bits per heavy atom. The third kappa shape index (κ3) is 2.39. The van der Waals surface area contributed by atoms with E-state index in [1.54, 1.807) is 13.3 Å². The van der Waals surface area contributed by atoms with Gasteiger partial charge in [0.2, 0.25) is 5.91 Å². The van der Waals surface area contributed by atoms with E-state index in [1.165, 1.54) is 0 Å². The molecule has 0 aliphatic heterocycles. The van der Waals surface area contributed by atoms with Gasteiger partial charge in [0.15, 0.2) is 5.65 Å². The van der Waals surface area contributed by atoms with Crippen LogP contribution in [-0.2, 0) is 4.79 Å². The minimum atomic E-state index is -0.302. The van der Waals surface area contributed by atoms with Crippen molar-refractivity contribution < 1.29 is 9.53 Å². The van der Waals surface area contributed by atoms with Crippen molar-refractivity contribution in [2.75, 3.05) is 12.4 Å². The van der Waals surface area contributed by atoms with Crippen molar-refractivity contribution in [2.24, 2.45) is 23.5 Å². The van der Waals surface area contributed by atoms with Gasteiger partial charge in [-0.15, -0.1) is 0 Å². The zero-order valence-corrected chi connectivity index (χ0v) is 15.8. The molecule has 1 unspecified atom stereocenters. The molecule has 0 radical (unpaired) electrons. The van der Waals surface area contributed by atoms with Gasteiger partial charge in [-0.1, -0.05) is 35.9 Å². The number of amides is 1. The molecule has 142 valence electrons. The van der Waals surface area contributed by atoms with Crippen LogP contribution in [0.5, 0.6) is 5.75 Å². The number of pyridine rings is 1. The first-order chi connectivity index (χ1) is 13.6. The van der Waals surface area contributed by atoms with Gasteiger partial charge in [0.25, 0.3) is 0 Å². The molecule has 1 amide bonds. The summed E-state index contributed by atoms with van der Waals surface area (Å²) in [7, 11) is 1.62. The third-order valence-electron chi connectivity index (χ3n) is 5.69. The summed E-state index contributed by atoms with van der Waals surface area (Å²) in [5, 5.41) is 3.88. The predicted molar refractivity (Wildman–Crippen MR) is 107 cm³/mol. The number of ether oxygens (including phenoxy) is 1. The van der Waals surface area contributed by atoms with Crippen molar-refractivity contribution in [3.63, 3.8) is 0 Å². The molecule has 4 atom stereocenters. The van der Waals surface area contributed by atoms with Crippen LogP contribution in [0.1, 0.15) is 0 Å². The van der Waals surface area contributed by atoms with Crippen LogP contribution in [-0.4, -0.2) is 34.0 Å². The number of fused-ring (bicyclic) bond motifs is 2. The molecule has 2 aliphatic rings. The molecule has 0 bridgehead atoms. The van der Waals surface area contributed by atoms with E-state index in [1.807, 2.05) is 30.3 Å². The average Bonchev–Trinajstić information content (AvgIpc) is 3.10. The number of rotatable bonds is 5. The molecule has 28 heavy (non-hydrogen) atoms. The van der Waals surface area contributed by atoms with Crippen LogP contribution >= 0.6 is 11.6 Å². The minimum absolute atomic E-state index is 0.0892. The highest BCUT2D eigenvalue weighted by Gasteiger charge is 2.54. The first kappa shape index (κ1) is 17.1. The Morgan fingerprint density at radius 1 is 1.29 bits per heavy atom. The van der Waals surface area contributed by atoms with Crippen molar-refractivity contribution in [3.05, 3.63) is 47.6 Å². The van der Waals surface area contributed by atoms with E-state index in [0.29, 0.717) is 33.4 Å². The van der Waals surface area contributed by atoms with Crippen LogP contribution in [0.25, 0.3) is 22.6 Å². The highest BCUT2D eigenvalue weighted by Crippen LogP contribution is 2.50. The minimum Gasteiger partial charge on any atom is -0.496 e. The van der Waals surface area contributed by atoms with Crippen molar-refractivity contribution in [1.82, 2.24) is 15.0 Å². The Morgan fingerprint density at radius 2 is 2.07 bits per heavy atom. The molecule has 0 saturated heterocycles. The lowest BCUT2D eigenvalue weighted by Crippen LogP contribution is -2.61. The van der Waals surface area contributed by atoms with Gasteiger partial charge in [0.05, 0.1) is 35.5 Å². The zero-order valence-electron chi connectivity index (χ0n) is 15.0. The van der Waals surface area contributed by atoms with Gasteiger partial charge in [-0.2, -0.15) is 0 Å². The van der Waals surface area contributed by atoms with Gasteiger partial charge in [-0.05, 0) is 18.1 Å². The van der Waals surface area contributed by atoms with Crippen molar-refractivity contribution >= 4 is 34.4 Å². The molecule has 7 nitrogen and oxygen atoms in total. The monoisotopic (exact) mass is 395 g/mol. The number of imidazole rings is 1. The maximum absolute atomic E-state index is 11.8. The molecule has 1 aromatic carbocycles. The van der Waals surface area contributed by atoms with E-state index in [4.69, 9.17) is 22.1 Å². The number of nitrogens with one attached hydrogen (secondary N) is 2. The number of nitrogens with zero attached hydrogens (tertiary/aromatic N) is 2. The summed E-state index contributed by atoms with van der Waals surface area (Å²) in [6, 6.07) is 7.52. The summed E-state index contributed by atoms with van der Waals surface area (Å²) in [6.45, 7) is 0. The normalized spacial score (nSPS) is 24.9. The standard InChI is InChI=1S/C20H18ClN5O2/c1-28-13-5-3-2-4-11(13)19-25-17-16(12(21)8-23-20(17)26-19)24-15-10-7-6-9(10)14(15)18(22)27/h2-10,14-15H,1H3,(H2,22,27)(H2,23,24,25,26)/t9?,10-,14-,15+/m0/s1. The molecule has 2 aromatic heterocycles. The van der Waals surface area contributed by atoms with Crippen molar-refractivity contribution in [3.8, 4) is 17.1 Å². The maximum atomic E-state index is 11.8. The number of hydrogen-bond acceptors (Lipinski definition) is 5. The summed E-state index contributed by atoms with van der Waals surface area (Å²) in [5.74, 6) is 1.30. The molecule has 1 saturated carbocycles. The summed E-state index contributed by atoms with van der Waals surface area (Å²) in [5.41, 5.74) is 8.31. The first-order valence-corrected chi connectivity index (χ1v) is 9.38. The van der Waals surface area contributed by atoms with E-state index >= 15 is 0 Å². The number of para-hydroxylation sites is 1. The molecule has 8 heteroatoms. The highest BCUT2D eigenvalue weighted by atomic mass is 35.5. The molecule has 2 heterocycles. The summed E-state index contributed by atoms with van der Waals surface area (Å²) >= 11 is 6.44. The van der Waals surface area contributed by atoms with Crippen LogP contribution in [0.3, 0.4) is 0 Å². The van der Waals surface area contributed by atoms with Crippen molar-refractivity contribution in [2.45, 2.75) is 6.04 Å². The van der Waals surface area contributed by atoms with Gasteiger partial charge in [-0.25, -0.2) is 9.97 Å².